The summed E-state index contributed by atoms with van der Waals surface area (Å²) in [6, 6.07) is 97.7. The zero-order valence-electron chi connectivity index (χ0n) is 37.3. The van der Waals surface area contributed by atoms with Crippen LogP contribution in [0.3, 0.4) is 0 Å². The van der Waals surface area contributed by atoms with Crippen LogP contribution in [0.5, 0.6) is 0 Å². The van der Waals surface area contributed by atoms with Gasteiger partial charge in [0.25, 0.3) is 0 Å². The van der Waals surface area contributed by atoms with Gasteiger partial charge in [-0.1, -0.05) is 194 Å². The SMILES string of the molecule is c1ccc(-c2cccc(N3B4c5ccc(-c6ccccc6)cc5N(c5cccc(-c6ccccc6)c5)c5cc6ccccc6c(c54)-c4ccc(N(c5ccccc5)c5ccccc5)cc43)c2)cc1. The number of rotatable bonds is 8. The first-order valence-corrected chi connectivity index (χ1v) is 23.5. The van der Waals surface area contributed by atoms with Gasteiger partial charge in [-0.2, -0.15) is 0 Å². The van der Waals surface area contributed by atoms with E-state index in [4.69, 9.17) is 0 Å². The summed E-state index contributed by atoms with van der Waals surface area (Å²) in [5.74, 6) is 0. The van der Waals surface area contributed by atoms with E-state index in [1.165, 1.54) is 71.9 Å². The maximum Gasteiger partial charge on any atom is 0.333 e. The van der Waals surface area contributed by atoms with Crippen LogP contribution in [0.2, 0.25) is 0 Å². The van der Waals surface area contributed by atoms with Gasteiger partial charge in [0, 0.05) is 51.1 Å². The summed E-state index contributed by atoms with van der Waals surface area (Å²) >= 11 is 0. The van der Waals surface area contributed by atoms with Crippen molar-refractivity contribution in [3.05, 3.63) is 267 Å². The van der Waals surface area contributed by atoms with Crippen molar-refractivity contribution in [2.45, 2.75) is 0 Å². The van der Waals surface area contributed by atoms with Crippen molar-refractivity contribution in [3.63, 3.8) is 0 Å². The molecule has 0 fully saturated rings. The maximum absolute atomic E-state index is 2.64. The summed E-state index contributed by atoms with van der Waals surface area (Å²) in [6.45, 7) is -0.186. The van der Waals surface area contributed by atoms with Crippen LogP contribution in [0.1, 0.15) is 0 Å². The van der Waals surface area contributed by atoms with E-state index in [0.717, 1.165) is 39.8 Å². The molecule has 0 aliphatic carbocycles. The summed E-state index contributed by atoms with van der Waals surface area (Å²) in [5.41, 5.74) is 21.1. The Balaban J connectivity index is 1.13. The van der Waals surface area contributed by atoms with E-state index in [-0.39, 0.29) is 6.85 Å². The smallest absolute Gasteiger partial charge is 0.333 e. The van der Waals surface area contributed by atoms with Crippen molar-refractivity contribution in [2.75, 3.05) is 14.6 Å². The molecule has 3 nitrogen and oxygen atoms in total. The summed E-state index contributed by atoms with van der Waals surface area (Å²) in [4.78, 5) is 7.56. The van der Waals surface area contributed by atoms with Gasteiger partial charge in [0.2, 0.25) is 0 Å². The first-order chi connectivity index (χ1) is 33.7. The average molecular weight is 866 g/mol. The maximum atomic E-state index is 2.64. The lowest BCUT2D eigenvalue weighted by Gasteiger charge is -2.46. The molecule has 0 unspecified atom stereocenters. The van der Waals surface area contributed by atoms with Gasteiger partial charge in [-0.05, 0) is 133 Å². The highest BCUT2D eigenvalue weighted by Gasteiger charge is 2.46. The molecule has 2 aliphatic rings. The standard InChI is InChI=1S/C64H44BN3/c1-6-20-45(21-7-1)48-27-18-33-54(40-48)67-61-42-50(47-24-10-3-11-25-47)36-39-59(61)65-64-62(67)43-51-26-16-17-35-57(51)63(64)58-38-37-55(66(52-29-12-4-13-30-52)53-31-14-5-15-32-53)44-60(58)68(65)56-34-19-28-49(41-56)46-22-8-2-9-23-46/h1-44H. The highest BCUT2D eigenvalue weighted by atomic mass is 15.2. The number of fused-ring (bicyclic) bond motifs is 6. The minimum atomic E-state index is -0.186. The number of nitrogens with zero attached hydrogens (tertiary/aromatic N) is 3. The van der Waals surface area contributed by atoms with Crippen LogP contribution < -0.4 is 25.5 Å². The Kier molecular flexibility index (Phi) is 9.61. The van der Waals surface area contributed by atoms with Crippen LogP contribution in [0.25, 0.3) is 55.3 Å². The number of benzene rings is 11. The fourth-order valence-corrected chi connectivity index (χ4v) is 10.7. The summed E-state index contributed by atoms with van der Waals surface area (Å²) in [5, 5.41) is 2.45. The topological polar surface area (TPSA) is 9.72 Å². The lowest BCUT2D eigenvalue weighted by atomic mass is 9.43. The largest absolute Gasteiger partial charge is 0.376 e. The number of anilines is 8. The molecule has 0 saturated heterocycles. The van der Waals surface area contributed by atoms with E-state index >= 15 is 0 Å². The van der Waals surface area contributed by atoms with Crippen LogP contribution in [0.15, 0.2) is 267 Å². The van der Waals surface area contributed by atoms with Gasteiger partial charge in [0.15, 0.2) is 0 Å². The molecule has 0 radical (unpaired) electrons. The van der Waals surface area contributed by atoms with Crippen LogP contribution in [0.4, 0.5) is 45.5 Å². The van der Waals surface area contributed by atoms with Gasteiger partial charge in [0.05, 0.1) is 0 Å². The lowest BCUT2D eigenvalue weighted by molar-refractivity contribution is 1.26. The van der Waals surface area contributed by atoms with Crippen molar-refractivity contribution in [2.24, 2.45) is 0 Å². The Morgan fingerprint density at radius 2 is 0.838 bits per heavy atom. The molecule has 11 aromatic carbocycles. The molecule has 0 saturated carbocycles. The summed E-state index contributed by atoms with van der Waals surface area (Å²) in [7, 11) is 0. The van der Waals surface area contributed by atoms with Gasteiger partial charge < -0.3 is 14.6 Å². The van der Waals surface area contributed by atoms with Gasteiger partial charge in [-0.15, -0.1) is 0 Å². The molecule has 2 heterocycles. The average Bonchev–Trinajstić information content (AvgIpc) is 3.42. The Bertz CT molecular complexity index is 3600. The van der Waals surface area contributed by atoms with E-state index in [1.807, 2.05) is 0 Å². The van der Waals surface area contributed by atoms with Gasteiger partial charge in [-0.25, -0.2) is 0 Å². The number of hydrogen-bond acceptors (Lipinski definition) is 3. The third-order valence-corrected chi connectivity index (χ3v) is 13.8. The Morgan fingerprint density at radius 3 is 1.46 bits per heavy atom. The first-order valence-electron chi connectivity index (χ1n) is 23.5. The third-order valence-electron chi connectivity index (χ3n) is 13.8. The lowest BCUT2D eigenvalue weighted by Crippen LogP contribution is -2.61. The molecule has 68 heavy (non-hydrogen) atoms. The minimum absolute atomic E-state index is 0.186. The fourth-order valence-electron chi connectivity index (χ4n) is 10.7. The molecule has 0 amide bonds. The molecular formula is C64H44BN3. The van der Waals surface area contributed by atoms with Crippen LogP contribution in [-0.2, 0) is 0 Å². The van der Waals surface area contributed by atoms with Crippen LogP contribution >= 0.6 is 0 Å². The van der Waals surface area contributed by atoms with E-state index in [1.54, 1.807) is 0 Å². The molecule has 318 valence electrons. The van der Waals surface area contributed by atoms with Crippen molar-refractivity contribution < 1.29 is 0 Å². The minimum Gasteiger partial charge on any atom is -0.376 e. The van der Waals surface area contributed by atoms with E-state index < -0.39 is 0 Å². The van der Waals surface area contributed by atoms with E-state index in [9.17, 15) is 0 Å². The molecule has 4 heteroatoms. The van der Waals surface area contributed by atoms with Crippen molar-refractivity contribution >= 4 is 74.0 Å². The molecule has 0 N–H and O–H groups in total. The molecule has 0 atom stereocenters. The highest BCUT2D eigenvalue weighted by Crippen LogP contribution is 2.51. The first kappa shape index (κ1) is 39.5. The Hall–Kier alpha value is -8.86. The number of hydrogen-bond donors (Lipinski definition) is 0. The second-order valence-electron chi connectivity index (χ2n) is 17.7. The van der Waals surface area contributed by atoms with Crippen molar-refractivity contribution in [3.8, 4) is 44.5 Å². The second-order valence-corrected chi connectivity index (χ2v) is 17.7. The molecule has 0 aromatic heterocycles. The molecule has 13 rings (SSSR count). The third kappa shape index (κ3) is 6.69. The zero-order valence-corrected chi connectivity index (χ0v) is 37.3. The van der Waals surface area contributed by atoms with Crippen LogP contribution in [0, 0.1) is 0 Å². The second kappa shape index (κ2) is 16.5. The quantitative estimate of drug-likeness (QED) is 0.141. The molecule has 0 spiro atoms. The summed E-state index contributed by atoms with van der Waals surface area (Å²) < 4.78 is 0. The van der Waals surface area contributed by atoms with Crippen molar-refractivity contribution in [1.29, 1.82) is 0 Å². The van der Waals surface area contributed by atoms with E-state index in [2.05, 4.69) is 282 Å². The van der Waals surface area contributed by atoms with Crippen molar-refractivity contribution in [1.82, 2.24) is 0 Å². The van der Waals surface area contributed by atoms with E-state index in [0.29, 0.717) is 0 Å². The zero-order chi connectivity index (χ0) is 45.0. The molecule has 2 aliphatic heterocycles. The number of para-hydroxylation sites is 2. The highest BCUT2D eigenvalue weighted by molar-refractivity contribution is 6.94. The van der Waals surface area contributed by atoms with Gasteiger partial charge in [-0.3, -0.25) is 0 Å². The molecule has 0 bridgehead atoms. The predicted octanol–water partition coefficient (Wildman–Crippen LogP) is 16.0. The fraction of sp³-hybridized carbons (Fsp3) is 0. The van der Waals surface area contributed by atoms with Gasteiger partial charge in [0.1, 0.15) is 0 Å². The summed E-state index contributed by atoms with van der Waals surface area (Å²) in [6.07, 6.45) is 0. The Labute approximate surface area is 398 Å². The normalized spacial score (nSPS) is 12.3. The predicted molar refractivity (Wildman–Crippen MR) is 289 cm³/mol. The monoisotopic (exact) mass is 865 g/mol. The Morgan fingerprint density at radius 1 is 0.324 bits per heavy atom. The molecule has 11 aromatic rings. The molecular weight excluding hydrogens is 822 g/mol. The van der Waals surface area contributed by atoms with Crippen LogP contribution in [-0.4, -0.2) is 6.85 Å². The van der Waals surface area contributed by atoms with Gasteiger partial charge >= 0.3 is 6.85 Å².